The molecule has 3 rings (SSSR count). The van der Waals surface area contributed by atoms with Crippen LogP contribution in [0.5, 0.6) is 5.75 Å². The van der Waals surface area contributed by atoms with E-state index in [9.17, 15) is 27.8 Å². The Morgan fingerprint density at radius 1 is 1.29 bits per heavy atom. The standard InChI is InChI=1S/C18H24N5O6PS/c1-18(2,3)7-8-23-17(25)15(13(24)10-19-23)16-20-12-6-5-11(22-31(4,28)29)9-14(12)30(26,27)21-16/h5-6,9-10,22,24H,7-8H2,1-4H3,(H2,20,21,26,27). The van der Waals surface area contributed by atoms with E-state index in [4.69, 9.17) is 0 Å². The number of nitrogens with one attached hydrogen (secondary N) is 2. The van der Waals surface area contributed by atoms with Crippen LogP contribution in [0.15, 0.2) is 34.0 Å². The maximum atomic E-state index is 12.9. The second-order valence-electron chi connectivity index (χ2n) is 8.47. The second kappa shape index (κ2) is 7.77. The zero-order valence-corrected chi connectivity index (χ0v) is 19.2. The van der Waals surface area contributed by atoms with Gasteiger partial charge in [0.2, 0.25) is 10.0 Å². The Morgan fingerprint density at radius 3 is 2.58 bits per heavy atom. The predicted octanol–water partition coefficient (Wildman–Crippen LogP) is 1.44. The molecule has 0 saturated carbocycles. The van der Waals surface area contributed by atoms with Gasteiger partial charge in [-0.3, -0.25) is 14.1 Å². The highest BCUT2D eigenvalue weighted by Gasteiger charge is 2.33. The highest BCUT2D eigenvalue weighted by molar-refractivity contribution is 7.92. The Balaban J connectivity index is 2.04. The number of hydrogen-bond donors (Lipinski definition) is 4. The maximum Gasteiger partial charge on any atom is 0.346 e. The smallest absolute Gasteiger partial charge is 0.346 e. The fourth-order valence-corrected chi connectivity index (χ4v) is 4.75. The summed E-state index contributed by atoms with van der Waals surface area (Å²) in [5.41, 5.74) is -0.743. The molecule has 0 fully saturated rings. The molecule has 13 heteroatoms. The predicted molar refractivity (Wildman–Crippen MR) is 119 cm³/mol. The summed E-state index contributed by atoms with van der Waals surface area (Å²) < 4.78 is 42.9. The third-order valence-corrected chi connectivity index (χ3v) is 6.51. The van der Waals surface area contributed by atoms with Crippen LogP contribution in [0.1, 0.15) is 32.8 Å². The summed E-state index contributed by atoms with van der Waals surface area (Å²) in [6.07, 6.45) is 2.68. The summed E-state index contributed by atoms with van der Waals surface area (Å²) in [7, 11) is -7.96. The first kappa shape index (κ1) is 23.0. The number of amidine groups is 1. The topological polar surface area (TPSA) is 163 Å². The van der Waals surface area contributed by atoms with E-state index in [0.717, 1.165) is 12.5 Å². The van der Waals surface area contributed by atoms with Crippen molar-refractivity contribution in [3.8, 4) is 5.75 Å². The van der Waals surface area contributed by atoms with Crippen molar-refractivity contribution in [2.75, 3.05) is 16.3 Å². The number of sulfonamides is 1. The molecule has 31 heavy (non-hydrogen) atoms. The van der Waals surface area contributed by atoms with Crippen LogP contribution < -0.4 is 20.9 Å². The molecule has 0 spiro atoms. The fraction of sp³-hybridized carbons (Fsp3) is 0.389. The first-order chi connectivity index (χ1) is 14.2. The van der Waals surface area contributed by atoms with Crippen molar-refractivity contribution < 1.29 is 23.0 Å². The van der Waals surface area contributed by atoms with Gasteiger partial charge in [0, 0.05) is 12.2 Å². The van der Waals surface area contributed by atoms with Gasteiger partial charge in [-0.25, -0.2) is 13.1 Å². The molecule has 1 aromatic carbocycles. The number of fused-ring (bicyclic) bond motifs is 1. The van der Waals surface area contributed by atoms with Crippen molar-refractivity contribution in [3.05, 3.63) is 40.3 Å². The summed E-state index contributed by atoms with van der Waals surface area (Å²) in [6, 6.07) is 3.97. The van der Waals surface area contributed by atoms with Gasteiger partial charge in [0.05, 0.1) is 23.4 Å². The van der Waals surface area contributed by atoms with E-state index in [-0.39, 0.29) is 40.0 Å². The van der Waals surface area contributed by atoms with E-state index in [0.29, 0.717) is 6.42 Å². The first-order valence-corrected chi connectivity index (χ1v) is 12.8. The fourth-order valence-electron chi connectivity index (χ4n) is 2.91. The van der Waals surface area contributed by atoms with Gasteiger partial charge in [-0.05, 0) is 30.0 Å². The molecule has 1 unspecified atom stereocenters. The van der Waals surface area contributed by atoms with Gasteiger partial charge >= 0.3 is 7.52 Å². The van der Waals surface area contributed by atoms with Crippen LogP contribution in [-0.2, 0) is 21.1 Å². The molecule has 1 aliphatic rings. The van der Waals surface area contributed by atoms with Gasteiger partial charge in [-0.15, -0.1) is 0 Å². The van der Waals surface area contributed by atoms with Crippen LogP contribution in [-0.4, -0.2) is 40.3 Å². The Kier molecular flexibility index (Phi) is 5.76. The SMILES string of the molecule is CC(C)(C)CCn1ncc(O)c(C2=NP(=O)(O)c3cc(NS(C)(=O)=O)ccc3N2)c1=O. The van der Waals surface area contributed by atoms with E-state index >= 15 is 0 Å². The van der Waals surface area contributed by atoms with Crippen molar-refractivity contribution in [3.63, 3.8) is 0 Å². The number of hydrogen-bond acceptors (Lipinski definition) is 7. The average Bonchev–Trinajstić information content (AvgIpc) is 2.59. The zero-order valence-electron chi connectivity index (χ0n) is 17.4. The van der Waals surface area contributed by atoms with Gasteiger partial charge in [-0.1, -0.05) is 20.8 Å². The summed E-state index contributed by atoms with van der Waals surface area (Å²) in [6.45, 7) is 6.32. The minimum Gasteiger partial charge on any atom is -0.505 e. The lowest BCUT2D eigenvalue weighted by atomic mass is 9.92. The highest BCUT2D eigenvalue weighted by Crippen LogP contribution is 2.47. The number of aromatic hydroxyl groups is 1. The van der Waals surface area contributed by atoms with Crippen LogP contribution in [0.3, 0.4) is 0 Å². The highest BCUT2D eigenvalue weighted by atomic mass is 32.2. The lowest BCUT2D eigenvalue weighted by Gasteiger charge is -2.23. The van der Waals surface area contributed by atoms with Gasteiger partial charge in [0.25, 0.3) is 5.56 Å². The van der Waals surface area contributed by atoms with Gasteiger partial charge < -0.3 is 15.3 Å². The minimum atomic E-state index is -4.38. The first-order valence-electron chi connectivity index (χ1n) is 9.28. The summed E-state index contributed by atoms with van der Waals surface area (Å²) in [5, 5.41) is 16.8. The summed E-state index contributed by atoms with van der Waals surface area (Å²) in [5.74, 6) is -0.751. The minimum absolute atomic E-state index is 0.0583. The maximum absolute atomic E-state index is 12.9. The molecule has 1 aromatic heterocycles. The molecule has 2 heterocycles. The van der Waals surface area contributed by atoms with Crippen molar-refractivity contribution in [1.29, 1.82) is 0 Å². The number of aryl methyl sites for hydroxylation is 1. The lowest BCUT2D eigenvalue weighted by molar-refractivity contribution is 0.334. The molecule has 0 bridgehead atoms. The Labute approximate surface area is 179 Å². The molecule has 0 saturated heterocycles. The zero-order chi connectivity index (χ0) is 23.2. The van der Waals surface area contributed by atoms with Crippen LogP contribution in [0.4, 0.5) is 11.4 Å². The molecule has 0 radical (unpaired) electrons. The van der Waals surface area contributed by atoms with Gasteiger partial charge in [-0.2, -0.15) is 9.86 Å². The second-order valence-corrected chi connectivity index (χ2v) is 12.0. The van der Waals surface area contributed by atoms with Crippen molar-refractivity contribution in [1.82, 2.24) is 9.78 Å². The molecule has 0 amide bonds. The third-order valence-electron chi connectivity index (χ3n) is 4.44. The molecule has 0 aliphatic carbocycles. The van der Waals surface area contributed by atoms with Crippen molar-refractivity contribution in [2.24, 2.45) is 10.2 Å². The lowest BCUT2D eigenvalue weighted by Crippen LogP contribution is -2.34. The molecule has 1 aliphatic heterocycles. The largest absolute Gasteiger partial charge is 0.505 e. The van der Waals surface area contributed by atoms with Crippen molar-refractivity contribution >= 4 is 40.1 Å². The molecule has 1 atom stereocenters. The molecule has 4 N–H and O–H groups in total. The Morgan fingerprint density at radius 2 is 1.97 bits per heavy atom. The Hall–Kier alpha value is -2.69. The molecular weight excluding hydrogens is 445 g/mol. The summed E-state index contributed by atoms with van der Waals surface area (Å²) >= 11 is 0. The quantitative estimate of drug-likeness (QED) is 0.478. The van der Waals surface area contributed by atoms with Crippen molar-refractivity contribution in [2.45, 2.75) is 33.7 Å². The van der Waals surface area contributed by atoms with E-state index in [2.05, 4.69) is 19.9 Å². The number of benzene rings is 1. The molecule has 11 nitrogen and oxygen atoms in total. The van der Waals surface area contributed by atoms with E-state index in [1.165, 1.54) is 22.9 Å². The van der Waals surface area contributed by atoms with Gasteiger partial charge in [0.15, 0.2) is 11.6 Å². The number of rotatable bonds is 5. The number of anilines is 2. The third kappa shape index (κ3) is 5.33. The van der Waals surface area contributed by atoms with Crippen LogP contribution in [0.2, 0.25) is 0 Å². The van der Waals surface area contributed by atoms with Crippen LogP contribution in [0.25, 0.3) is 0 Å². The van der Waals surface area contributed by atoms with Crippen LogP contribution in [0, 0.1) is 5.41 Å². The summed E-state index contributed by atoms with van der Waals surface area (Å²) in [4.78, 5) is 23.4. The molecule has 2 aromatic rings. The number of aromatic nitrogens is 2. The Bertz CT molecular complexity index is 1280. The van der Waals surface area contributed by atoms with Crippen LogP contribution >= 0.6 is 7.52 Å². The molecular formula is C18H24N5O6PS. The average molecular weight is 469 g/mol. The number of nitrogens with zero attached hydrogens (tertiary/aromatic N) is 3. The van der Waals surface area contributed by atoms with E-state index in [1.54, 1.807) is 0 Å². The van der Waals surface area contributed by atoms with E-state index in [1.807, 2.05) is 20.8 Å². The monoisotopic (exact) mass is 469 g/mol. The van der Waals surface area contributed by atoms with E-state index < -0.39 is 28.9 Å². The van der Waals surface area contributed by atoms with Gasteiger partial charge in [0.1, 0.15) is 5.56 Å². The molecule has 168 valence electrons. The normalized spacial score (nSPS) is 18.7.